The van der Waals surface area contributed by atoms with Gasteiger partial charge in [0, 0.05) is 18.7 Å². The molecule has 3 rings (SSSR count). The molecule has 0 radical (unpaired) electrons. The van der Waals surface area contributed by atoms with Gasteiger partial charge >= 0.3 is 0 Å². The van der Waals surface area contributed by atoms with Gasteiger partial charge in [0.25, 0.3) is 0 Å². The Hall–Kier alpha value is -3.10. The number of nitrogens with one attached hydrogen (secondary N) is 2. The van der Waals surface area contributed by atoms with Gasteiger partial charge in [0.15, 0.2) is 17.3 Å². The summed E-state index contributed by atoms with van der Waals surface area (Å²) >= 11 is 0. The van der Waals surface area contributed by atoms with Gasteiger partial charge in [-0.2, -0.15) is 0 Å². The largest absolute Gasteiger partial charge is 0.486 e. The minimum absolute atomic E-state index is 0.0268. The lowest BCUT2D eigenvalue weighted by Crippen LogP contribution is -2.20. The summed E-state index contributed by atoms with van der Waals surface area (Å²) in [5.41, 5.74) is 0.599. The summed E-state index contributed by atoms with van der Waals surface area (Å²) in [6, 6.07) is 5.18. The molecular weight excluding hydrogens is 302 g/mol. The molecule has 2 heterocycles. The molecule has 0 atom stereocenters. The number of carbonyl (C=O) groups excluding carboxylic acids is 2. The highest BCUT2D eigenvalue weighted by atomic mass is 16.6. The molecule has 0 unspecified atom stereocenters. The van der Waals surface area contributed by atoms with Crippen LogP contribution in [-0.2, 0) is 16.1 Å². The van der Waals surface area contributed by atoms with E-state index in [2.05, 4.69) is 20.9 Å². The molecule has 0 bridgehead atoms. The molecule has 1 aromatic heterocycles. The lowest BCUT2D eigenvalue weighted by molar-refractivity contribution is -0.117. The zero-order chi connectivity index (χ0) is 16.2. The van der Waals surface area contributed by atoms with Crippen LogP contribution >= 0.6 is 0 Å². The standard InChI is InChI=1S/C14H15N5O4/c1-9(20)15-13-7-19(18-17-13)8-14(21)16-10-2-3-11-12(6-10)23-5-4-22-11/h2-3,6-7H,4-5,8H2,1H3,(H,15,20)(H,16,21). The third-order valence-electron chi connectivity index (χ3n) is 2.97. The van der Waals surface area contributed by atoms with Crippen molar-refractivity contribution in [1.29, 1.82) is 0 Å². The lowest BCUT2D eigenvalue weighted by atomic mass is 10.2. The molecule has 9 heteroatoms. The van der Waals surface area contributed by atoms with Crippen LogP contribution < -0.4 is 20.1 Å². The van der Waals surface area contributed by atoms with E-state index in [1.54, 1.807) is 18.2 Å². The average Bonchev–Trinajstić information content (AvgIpc) is 2.93. The third kappa shape index (κ3) is 3.76. The second-order valence-electron chi connectivity index (χ2n) is 4.89. The van der Waals surface area contributed by atoms with Crippen LogP contribution in [0, 0.1) is 0 Å². The number of nitrogens with zero attached hydrogens (tertiary/aromatic N) is 3. The van der Waals surface area contributed by atoms with E-state index in [-0.39, 0.29) is 18.4 Å². The summed E-state index contributed by atoms with van der Waals surface area (Å²) < 4.78 is 12.2. The molecule has 0 aliphatic carbocycles. The first-order valence-electron chi connectivity index (χ1n) is 6.97. The van der Waals surface area contributed by atoms with E-state index in [1.165, 1.54) is 17.8 Å². The van der Waals surface area contributed by atoms with Crippen LogP contribution in [0.25, 0.3) is 0 Å². The number of anilines is 2. The molecule has 120 valence electrons. The van der Waals surface area contributed by atoms with Crippen molar-refractivity contribution in [2.45, 2.75) is 13.5 Å². The van der Waals surface area contributed by atoms with Crippen LogP contribution in [0.5, 0.6) is 11.5 Å². The Morgan fingerprint density at radius 3 is 2.78 bits per heavy atom. The number of hydrogen-bond acceptors (Lipinski definition) is 6. The highest BCUT2D eigenvalue weighted by molar-refractivity contribution is 5.91. The minimum Gasteiger partial charge on any atom is -0.486 e. The van der Waals surface area contributed by atoms with Crippen molar-refractivity contribution in [1.82, 2.24) is 15.0 Å². The molecule has 1 aliphatic rings. The Morgan fingerprint density at radius 2 is 2.00 bits per heavy atom. The smallest absolute Gasteiger partial charge is 0.246 e. The Labute approximate surface area is 131 Å². The predicted molar refractivity (Wildman–Crippen MR) is 80.4 cm³/mol. The Morgan fingerprint density at radius 1 is 1.22 bits per heavy atom. The van der Waals surface area contributed by atoms with E-state index in [9.17, 15) is 9.59 Å². The first kappa shape index (κ1) is 14.8. The van der Waals surface area contributed by atoms with Crippen molar-refractivity contribution in [3.8, 4) is 11.5 Å². The number of benzene rings is 1. The lowest BCUT2D eigenvalue weighted by Gasteiger charge is -2.18. The second kappa shape index (κ2) is 6.34. The van der Waals surface area contributed by atoms with E-state index < -0.39 is 0 Å². The fraction of sp³-hybridized carbons (Fsp3) is 0.286. The maximum Gasteiger partial charge on any atom is 0.246 e. The maximum absolute atomic E-state index is 12.0. The van der Waals surface area contributed by atoms with E-state index in [4.69, 9.17) is 9.47 Å². The Balaban J connectivity index is 1.61. The minimum atomic E-state index is -0.277. The van der Waals surface area contributed by atoms with Crippen molar-refractivity contribution in [3.63, 3.8) is 0 Å². The number of aromatic nitrogens is 3. The van der Waals surface area contributed by atoms with Crippen molar-refractivity contribution in [2.75, 3.05) is 23.8 Å². The van der Waals surface area contributed by atoms with Crippen molar-refractivity contribution in [2.24, 2.45) is 0 Å². The van der Waals surface area contributed by atoms with Crippen molar-refractivity contribution >= 4 is 23.3 Å². The van der Waals surface area contributed by atoms with Gasteiger partial charge in [-0.05, 0) is 12.1 Å². The molecular formula is C14H15N5O4. The van der Waals surface area contributed by atoms with Crippen LogP contribution in [0.15, 0.2) is 24.4 Å². The number of fused-ring (bicyclic) bond motifs is 1. The number of ether oxygens (including phenoxy) is 2. The van der Waals surface area contributed by atoms with Crippen LogP contribution in [0.3, 0.4) is 0 Å². The molecule has 0 saturated carbocycles. The summed E-state index contributed by atoms with van der Waals surface area (Å²) in [5, 5.41) is 12.7. The zero-order valence-corrected chi connectivity index (χ0v) is 12.4. The summed E-state index contributed by atoms with van der Waals surface area (Å²) in [5.74, 6) is 1.02. The SMILES string of the molecule is CC(=O)Nc1cn(CC(=O)Nc2ccc3c(c2)OCCO3)nn1. The van der Waals surface area contributed by atoms with Gasteiger partial charge in [-0.3, -0.25) is 9.59 Å². The van der Waals surface area contributed by atoms with E-state index >= 15 is 0 Å². The molecule has 1 aromatic carbocycles. The third-order valence-corrected chi connectivity index (χ3v) is 2.97. The Bertz CT molecular complexity index is 743. The molecule has 2 aromatic rings. The normalized spacial score (nSPS) is 12.6. The van der Waals surface area contributed by atoms with Crippen LogP contribution in [-0.4, -0.2) is 40.0 Å². The number of rotatable bonds is 4. The Kier molecular flexibility index (Phi) is 4.09. The average molecular weight is 317 g/mol. The highest BCUT2D eigenvalue weighted by Crippen LogP contribution is 2.32. The van der Waals surface area contributed by atoms with Crippen LogP contribution in [0.4, 0.5) is 11.5 Å². The maximum atomic E-state index is 12.0. The number of amides is 2. The molecule has 0 spiro atoms. The van der Waals surface area contributed by atoms with E-state index in [1.807, 2.05) is 0 Å². The van der Waals surface area contributed by atoms with Crippen molar-refractivity contribution in [3.05, 3.63) is 24.4 Å². The first-order valence-corrected chi connectivity index (χ1v) is 6.97. The van der Waals surface area contributed by atoms with E-state index in [0.717, 1.165) is 0 Å². The van der Waals surface area contributed by atoms with Gasteiger partial charge in [0.2, 0.25) is 11.8 Å². The summed E-state index contributed by atoms with van der Waals surface area (Å²) in [6.45, 7) is 2.34. The van der Waals surface area contributed by atoms with Gasteiger partial charge in [-0.1, -0.05) is 5.21 Å². The van der Waals surface area contributed by atoms with Gasteiger partial charge in [0.05, 0.1) is 6.20 Å². The molecule has 0 fully saturated rings. The predicted octanol–water partition coefficient (Wildman–Crippen LogP) is 0.646. The molecule has 2 N–H and O–H groups in total. The summed E-state index contributed by atoms with van der Waals surface area (Å²) in [7, 11) is 0. The van der Waals surface area contributed by atoms with Gasteiger partial charge < -0.3 is 20.1 Å². The number of carbonyl (C=O) groups is 2. The van der Waals surface area contributed by atoms with Gasteiger partial charge in [0.1, 0.15) is 19.8 Å². The molecule has 2 amide bonds. The van der Waals surface area contributed by atoms with Gasteiger partial charge in [-0.15, -0.1) is 5.10 Å². The number of hydrogen-bond donors (Lipinski definition) is 2. The van der Waals surface area contributed by atoms with Crippen molar-refractivity contribution < 1.29 is 19.1 Å². The summed E-state index contributed by atoms with van der Waals surface area (Å²) in [6.07, 6.45) is 1.48. The zero-order valence-electron chi connectivity index (χ0n) is 12.4. The fourth-order valence-corrected chi connectivity index (χ4v) is 2.08. The summed E-state index contributed by atoms with van der Waals surface area (Å²) in [4.78, 5) is 22.9. The van der Waals surface area contributed by atoms with Gasteiger partial charge in [-0.25, -0.2) is 4.68 Å². The van der Waals surface area contributed by atoms with Crippen LogP contribution in [0.1, 0.15) is 6.92 Å². The molecule has 23 heavy (non-hydrogen) atoms. The molecule has 1 aliphatic heterocycles. The topological polar surface area (TPSA) is 107 Å². The fourth-order valence-electron chi connectivity index (χ4n) is 2.08. The first-order chi connectivity index (χ1) is 11.1. The quantitative estimate of drug-likeness (QED) is 0.857. The van der Waals surface area contributed by atoms with Crippen LogP contribution in [0.2, 0.25) is 0 Å². The monoisotopic (exact) mass is 317 g/mol. The molecule has 9 nitrogen and oxygen atoms in total. The molecule has 0 saturated heterocycles. The van der Waals surface area contributed by atoms with E-state index in [0.29, 0.717) is 36.2 Å². The highest BCUT2D eigenvalue weighted by Gasteiger charge is 2.13. The second-order valence-corrected chi connectivity index (χ2v) is 4.89.